The fourth-order valence-electron chi connectivity index (χ4n) is 2.18. The van der Waals surface area contributed by atoms with Crippen LogP contribution in [0.2, 0.25) is 5.02 Å². The van der Waals surface area contributed by atoms with Crippen LogP contribution in [0.1, 0.15) is 25.6 Å². The number of aromatic hydroxyl groups is 1. The Labute approximate surface area is 115 Å². The minimum atomic E-state index is -0.504. The molecule has 1 unspecified atom stereocenters. The standard InChI is InChI=1S/C13H13ClN2O3/c1-13(5-2-6-18-13)12-15-11(19-16-12)9-7-8(14)3-4-10(9)17/h3-4,7,17H,2,5-6H2,1H3. The summed E-state index contributed by atoms with van der Waals surface area (Å²) in [6, 6.07) is 4.68. The van der Waals surface area contributed by atoms with Crippen molar-refractivity contribution in [2.75, 3.05) is 6.61 Å². The summed E-state index contributed by atoms with van der Waals surface area (Å²) in [6.45, 7) is 2.63. The number of aromatic nitrogens is 2. The summed E-state index contributed by atoms with van der Waals surface area (Å²) in [4.78, 5) is 4.31. The third-order valence-corrected chi connectivity index (χ3v) is 3.54. The molecule has 2 aromatic rings. The van der Waals surface area contributed by atoms with Crippen molar-refractivity contribution in [2.45, 2.75) is 25.4 Å². The van der Waals surface area contributed by atoms with E-state index in [-0.39, 0.29) is 11.6 Å². The molecular weight excluding hydrogens is 268 g/mol. The zero-order chi connectivity index (χ0) is 13.5. The summed E-state index contributed by atoms with van der Waals surface area (Å²) in [6.07, 6.45) is 1.83. The molecule has 2 heterocycles. The first kappa shape index (κ1) is 12.4. The van der Waals surface area contributed by atoms with Crippen LogP contribution >= 0.6 is 11.6 Å². The largest absolute Gasteiger partial charge is 0.507 e. The maximum atomic E-state index is 9.81. The van der Waals surface area contributed by atoms with Gasteiger partial charge in [-0.2, -0.15) is 4.98 Å². The SMILES string of the molecule is CC1(c2noc(-c3cc(Cl)ccc3O)n2)CCCO1. The van der Waals surface area contributed by atoms with Gasteiger partial charge in [0.05, 0.1) is 5.56 Å². The van der Waals surface area contributed by atoms with Crippen molar-refractivity contribution in [1.82, 2.24) is 10.1 Å². The van der Waals surface area contributed by atoms with Gasteiger partial charge in [0.2, 0.25) is 5.82 Å². The highest BCUT2D eigenvalue weighted by atomic mass is 35.5. The van der Waals surface area contributed by atoms with Gasteiger partial charge in [0, 0.05) is 11.6 Å². The van der Waals surface area contributed by atoms with Gasteiger partial charge in [-0.3, -0.25) is 0 Å². The zero-order valence-corrected chi connectivity index (χ0v) is 11.1. The first-order valence-corrected chi connectivity index (χ1v) is 6.43. The number of nitrogens with zero attached hydrogens (tertiary/aromatic N) is 2. The predicted octanol–water partition coefficient (Wildman–Crippen LogP) is 3.12. The van der Waals surface area contributed by atoms with E-state index in [1.54, 1.807) is 12.1 Å². The number of phenolic OH excluding ortho intramolecular Hbond substituents is 1. The van der Waals surface area contributed by atoms with Crippen molar-refractivity contribution < 1.29 is 14.4 Å². The highest BCUT2D eigenvalue weighted by molar-refractivity contribution is 6.30. The molecular formula is C13H13ClN2O3. The van der Waals surface area contributed by atoms with Gasteiger partial charge in [0.15, 0.2) is 0 Å². The Kier molecular flexibility index (Phi) is 2.95. The van der Waals surface area contributed by atoms with Crippen LogP contribution in [0.25, 0.3) is 11.5 Å². The monoisotopic (exact) mass is 280 g/mol. The lowest BCUT2D eigenvalue weighted by Gasteiger charge is -2.17. The third kappa shape index (κ3) is 2.19. The van der Waals surface area contributed by atoms with Gasteiger partial charge in [0.1, 0.15) is 11.4 Å². The molecule has 1 saturated heterocycles. The van der Waals surface area contributed by atoms with Crippen LogP contribution < -0.4 is 0 Å². The maximum Gasteiger partial charge on any atom is 0.261 e. The fraction of sp³-hybridized carbons (Fsp3) is 0.385. The molecule has 6 heteroatoms. The molecule has 0 saturated carbocycles. The van der Waals surface area contributed by atoms with E-state index in [0.717, 1.165) is 12.8 Å². The van der Waals surface area contributed by atoms with E-state index in [2.05, 4.69) is 10.1 Å². The summed E-state index contributed by atoms with van der Waals surface area (Å²) >= 11 is 5.90. The summed E-state index contributed by atoms with van der Waals surface area (Å²) in [5.41, 5.74) is -0.0801. The van der Waals surface area contributed by atoms with Crippen LogP contribution in [0.15, 0.2) is 22.7 Å². The van der Waals surface area contributed by atoms with E-state index in [9.17, 15) is 5.11 Å². The van der Waals surface area contributed by atoms with Crippen LogP contribution in [0.5, 0.6) is 5.75 Å². The quantitative estimate of drug-likeness (QED) is 0.915. The molecule has 1 aliphatic rings. The number of hydrogen-bond acceptors (Lipinski definition) is 5. The Bertz CT molecular complexity index is 606. The summed E-state index contributed by atoms with van der Waals surface area (Å²) in [5.74, 6) is 0.795. The molecule has 1 aromatic heterocycles. The number of phenols is 1. The van der Waals surface area contributed by atoms with Crippen molar-refractivity contribution in [3.8, 4) is 17.2 Å². The molecule has 19 heavy (non-hydrogen) atoms. The van der Waals surface area contributed by atoms with E-state index >= 15 is 0 Å². The topological polar surface area (TPSA) is 68.4 Å². The molecule has 0 bridgehead atoms. The van der Waals surface area contributed by atoms with Gasteiger partial charge in [-0.25, -0.2) is 0 Å². The van der Waals surface area contributed by atoms with Crippen LogP contribution in [0, 0.1) is 0 Å². The lowest BCUT2D eigenvalue weighted by Crippen LogP contribution is -2.21. The molecule has 1 atom stereocenters. The number of benzene rings is 1. The fourth-order valence-corrected chi connectivity index (χ4v) is 2.35. The normalized spacial score (nSPS) is 22.8. The van der Waals surface area contributed by atoms with E-state index < -0.39 is 5.60 Å². The molecule has 0 amide bonds. The first-order valence-electron chi connectivity index (χ1n) is 6.05. The Morgan fingerprint density at radius 1 is 1.42 bits per heavy atom. The van der Waals surface area contributed by atoms with Crippen LogP contribution in [0.4, 0.5) is 0 Å². The van der Waals surface area contributed by atoms with Crippen LogP contribution in [-0.4, -0.2) is 21.9 Å². The van der Waals surface area contributed by atoms with Crippen molar-refractivity contribution in [3.63, 3.8) is 0 Å². The minimum Gasteiger partial charge on any atom is -0.507 e. The first-order chi connectivity index (χ1) is 9.08. The lowest BCUT2D eigenvalue weighted by molar-refractivity contribution is 0.00768. The molecule has 5 nitrogen and oxygen atoms in total. The van der Waals surface area contributed by atoms with E-state index in [1.165, 1.54) is 6.07 Å². The van der Waals surface area contributed by atoms with Gasteiger partial charge in [-0.1, -0.05) is 16.8 Å². The van der Waals surface area contributed by atoms with E-state index in [4.69, 9.17) is 20.9 Å². The zero-order valence-electron chi connectivity index (χ0n) is 10.4. The molecule has 0 aliphatic carbocycles. The van der Waals surface area contributed by atoms with Crippen LogP contribution in [-0.2, 0) is 10.3 Å². The molecule has 100 valence electrons. The lowest BCUT2D eigenvalue weighted by atomic mass is 10.0. The molecule has 0 radical (unpaired) electrons. The number of hydrogen-bond donors (Lipinski definition) is 1. The molecule has 1 fully saturated rings. The summed E-state index contributed by atoms with van der Waals surface area (Å²) in [5, 5.41) is 14.3. The summed E-state index contributed by atoms with van der Waals surface area (Å²) < 4.78 is 10.9. The second-order valence-corrected chi connectivity index (χ2v) is 5.20. The molecule has 0 spiro atoms. The maximum absolute atomic E-state index is 9.81. The van der Waals surface area contributed by atoms with Crippen LogP contribution in [0.3, 0.4) is 0 Å². The minimum absolute atomic E-state index is 0.0529. The number of rotatable bonds is 2. The van der Waals surface area contributed by atoms with Crippen molar-refractivity contribution in [3.05, 3.63) is 29.0 Å². The Hall–Kier alpha value is -1.59. The number of ether oxygens (including phenoxy) is 1. The highest BCUT2D eigenvalue weighted by Gasteiger charge is 2.36. The smallest absolute Gasteiger partial charge is 0.261 e. The van der Waals surface area contributed by atoms with Gasteiger partial charge < -0.3 is 14.4 Å². The molecule has 1 N–H and O–H groups in total. The Balaban J connectivity index is 1.99. The van der Waals surface area contributed by atoms with Crippen molar-refractivity contribution in [2.24, 2.45) is 0 Å². The third-order valence-electron chi connectivity index (χ3n) is 3.31. The second-order valence-electron chi connectivity index (χ2n) is 4.77. The van der Waals surface area contributed by atoms with Gasteiger partial charge in [-0.05, 0) is 38.0 Å². The van der Waals surface area contributed by atoms with Gasteiger partial charge in [-0.15, -0.1) is 0 Å². The number of halogens is 1. The second kappa shape index (κ2) is 4.51. The average molecular weight is 281 g/mol. The molecule has 1 aliphatic heterocycles. The van der Waals surface area contributed by atoms with E-state index in [1.807, 2.05) is 6.92 Å². The van der Waals surface area contributed by atoms with Crippen molar-refractivity contribution >= 4 is 11.6 Å². The molecule has 3 rings (SSSR count). The van der Waals surface area contributed by atoms with Gasteiger partial charge in [0.25, 0.3) is 5.89 Å². The Morgan fingerprint density at radius 3 is 3.00 bits per heavy atom. The van der Waals surface area contributed by atoms with Gasteiger partial charge >= 0.3 is 0 Å². The predicted molar refractivity (Wildman–Crippen MR) is 68.9 cm³/mol. The Morgan fingerprint density at radius 2 is 2.26 bits per heavy atom. The summed E-state index contributed by atoms with van der Waals surface area (Å²) in [7, 11) is 0. The van der Waals surface area contributed by atoms with E-state index in [0.29, 0.717) is 23.0 Å². The highest BCUT2D eigenvalue weighted by Crippen LogP contribution is 2.36. The molecule has 1 aromatic carbocycles. The van der Waals surface area contributed by atoms with Crippen molar-refractivity contribution in [1.29, 1.82) is 0 Å². The average Bonchev–Trinajstić information content (AvgIpc) is 3.02.